The lowest BCUT2D eigenvalue weighted by molar-refractivity contribution is -0.127. The molecule has 24 heavy (non-hydrogen) atoms. The number of thioether (sulfide) groups is 1. The van der Waals surface area contributed by atoms with Crippen molar-refractivity contribution in [2.75, 3.05) is 46.1 Å². The molecular weight excluding hydrogens is 324 g/mol. The minimum absolute atomic E-state index is 0.00599. The zero-order valence-electron chi connectivity index (χ0n) is 15.3. The monoisotopic (exact) mass is 356 g/mol. The Kier molecular flexibility index (Phi) is 7.68. The highest BCUT2D eigenvalue weighted by Crippen LogP contribution is 2.36. The lowest BCUT2D eigenvalue weighted by Gasteiger charge is -2.26. The second kappa shape index (κ2) is 9.51. The number of aliphatic imine (C=N–C) groups is 1. The van der Waals surface area contributed by atoms with Gasteiger partial charge < -0.3 is 20.3 Å². The first-order chi connectivity index (χ1) is 11.5. The van der Waals surface area contributed by atoms with E-state index in [1.54, 1.807) is 19.0 Å². The van der Waals surface area contributed by atoms with E-state index in [1.807, 2.05) is 11.8 Å². The molecule has 2 rings (SSSR count). The first-order valence-electron chi connectivity index (χ1n) is 8.96. The molecule has 2 aliphatic heterocycles. The topological polar surface area (TPSA) is 66.0 Å². The smallest absolute Gasteiger partial charge is 0.243 e. The maximum atomic E-state index is 11.8. The highest BCUT2D eigenvalue weighted by molar-refractivity contribution is 8.00. The number of amides is 1. The number of guanidine groups is 1. The van der Waals surface area contributed by atoms with Gasteiger partial charge in [-0.2, -0.15) is 11.8 Å². The van der Waals surface area contributed by atoms with Gasteiger partial charge in [0, 0.05) is 38.5 Å². The van der Waals surface area contributed by atoms with Crippen LogP contribution in [-0.4, -0.2) is 73.7 Å². The second-order valence-electron chi connectivity index (χ2n) is 7.08. The summed E-state index contributed by atoms with van der Waals surface area (Å²) in [5.74, 6) is 1.95. The van der Waals surface area contributed by atoms with Crippen molar-refractivity contribution in [1.29, 1.82) is 0 Å². The molecule has 2 unspecified atom stereocenters. The van der Waals surface area contributed by atoms with E-state index in [0.717, 1.165) is 32.5 Å². The molecule has 0 aromatic rings. The number of carbonyl (C=O) groups is 1. The summed E-state index contributed by atoms with van der Waals surface area (Å²) in [7, 11) is 3.51. The molecule has 138 valence electrons. The third kappa shape index (κ3) is 6.51. The molecule has 0 saturated carbocycles. The number of carbonyl (C=O) groups excluding carboxylic acids is 1. The average Bonchev–Trinajstić information content (AvgIpc) is 3.01. The average molecular weight is 357 g/mol. The predicted octanol–water partition coefficient (Wildman–Crippen LogP) is 1.46. The number of rotatable bonds is 6. The molecule has 0 bridgehead atoms. The Labute approximate surface area is 150 Å². The van der Waals surface area contributed by atoms with Crippen molar-refractivity contribution < 1.29 is 9.53 Å². The fraction of sp³-hybridized carbons (Fsp3) is 0.882. The van der Waals surface area contributed by atoms with E-state index in [-0.39, 0.29) is 23.3 Å². The van der Waals surface area contributed by atoms with E-state index >= 15 is 0 Å². The number of hydrogen-bond donors (Lipinski definition) is 2. The van der Waals surface area contributed by atoms with Gasteiger partial charge in [0.2, 0.25) is 5.91 Å². The molecule has 2 heterocycles. The van der Waals surface area contributed by atoms with Gasteiger partial charge in [0.15, 0.2) is 5.96 Å². The van der Waals surface area contributed by atoms with Crippen LogP contribution in [0.3, 0.4) is 0 Å². The van der Waals surface area contributed by atoms with E-state index in [2.05, 4.69) is 22.5 Å². The molecule has 2 aliphatic rings. The second-order valence-corrected chi connectivity index (χ2v) is 8.76. The summed E-state index contributed by atoms with van der Waals surface area (Å²) in [6, 6.07) is 0. The summed E-state index contributed by atoms with van der Waals surface area (Å²) >= 11 is 2.02. The van der Waals surface area contributed by atoms with Crippen LogP contribution in [0.2, 0.25) is 0 Å². The van der Waals surface area contributed by atoms with Crippen molar-refractivity contribution in [3.05, 3.63) is 0 Å². The molecule has 6 nitrogen and oxygen atoms in total. The molecule has 2 fully saturated rings. The van der Waals surface area contributed by atoms with Crippen LogP contribution in [0, 0.1) is 0 Å². The molecule has 2 saturated heterocycles. The van der Waals surface area contributed by atoms with Crippen LogP contribution >= 0.6 is 11.8 Å². The van der Waals surface area contributed by atoms with E-state index < -0.39 is 0 Å². The minimum Gasteiger partial charge on any atom is -0.376 e. The van der Waals surface area contributed by atoms with E-state index in [1.165, 1.54) is 25.0 Å². The third-order valence-electron chi connectivity index (χ3n) is 4.57. The summed E-state index contributed by atoms with van der Waals surface area (Å²) in [6.07, 6.45) is 6.21. The highest BCUT2D eigenvalue weighted by atomic mass is 32.2. The molecule has 0 spiro atoms. The van der Waals surface area contributed by atoms with Gasteiger partial charge in [-0.15, -0.1) is 0 Å². The zero-order chi connectivity index (χ0) is 17.4. The summed E-state index contributed by atoms with van der Waals surface area (Å²) in [5, 5.41) is 6.79. The summed E-state index contributed by atoms with van der Waals surface area (Å²) < 4.78 is 6.02. The Balaban J connectivity index is 1.86. The molecule has 0 aromatic carbocycles. The van der Waals surface area contributed by atoms with Crippen LogP contribution in [0.1, 0.15) is 39.0 Å². The lowest BCUT2D eigenvalue weighted by Crippen LogP contribution is -2.47. The van der Waals surface area contributed by atoms with Gasteiger partial charge >= 0.3 is 0 Å². The predicted molar refractivity (Wildman–Crippen MR) is 101 cm³/mol. The number of likely N-dealkylation sites (N-methyl/N-ethyl adjacent to an activating group) is 1. The summed E-state index contributed by atoms with van der Waals surface area (Å²) in [5.41, 5.74) is 0. The maximum Gasteiger partial charge on any atom is 0.243 e. The SMILES string of the molecule is CN(C)C(=O)CN=C(NCC1CCCCO1)NCC1(C)CCCS1. The van der Waals surface area contributed by atoms with Crippen molar-refractivity contribution in [2.45, 2.75) is 49.9 Å². The van der Waals surface area contributed by atoms with Crippen LogP contribution in [0.5, 0.6) is 0 Å². The molecule has 2 atom stereocenters. The fourth-order valence-corrected chi connectivity index (χ4v) is 4.13. The Bertz CT molecular complexity index is 430. The van der Waals surface area contributed by atoms with Gasteiger partial charge in [0.05, 0.1) is 6.10 Å². The maximum absolute atomic E-state index is 11.8. The fourth-order valence-electron chi connectivity index (χ4n) is 2.89. The molecule has 7 heteroatoms. The van der Waals surface area contributed by atoms with E-state index in [4.69, 9.17) is 4.74 Å². The van der Waals surface area contributed by atoms with Gasteiger partial charge in [-0.3, -0.25) is 4.79 Å². The Morgan fingerprint density at radius 2 is 2.17 bits per heavy atom. The van der Waals surface area contributed by atoms with Crippen molar-refractivity contribution in [3.63, 3.8) is 0 Å². The van der Waals surface area contributed by atoms with Crippen molar-refractivity contribution >= 4 is 23.6 Å². The molecule has 0 aliphatic carbocycles. The Morgan fingerprint density at radius 1 is 1.33 bits per heavy atom. The van der Waals surface area contributed by atoms with E-state index in [0.29, 0.717) is 5.96 Å². The molecule has 2 N–H and O–H groups in total. The standard InChI is InChI=1S/C17H32N4O2S/c1-17(8-6-10-24-17)13-20-16(19-12-15(22)21(2)3)18-11-14-7-4-5-9-23-14/h14H,4-13H2,1-3H3,(H2,18,19,20). The van der Waals surface area contributed by atoms with E-state index in [9.17, 15) is 4.79 Å². The summed E-state index contributed by atoms with van der Waals surface area (Å²) in [6.45, 7) is 4.92. The van der Waals surface area contributed by atoms with Gasteiger partial charge in [-0.1, -0.05) is 0 Å². The summed E-state index contributed by atoms with van der Waals surface area (Å²) in [4.78, 5) is 17.8. The number of hydrogen-bond acceptors (Lipinski definition) is 4. The quantitative estimate of drug-likeness (QED) is 0.557. The van der Waals surface area contributed by atoms with Crippen molar-refractivity contribution in [2.24, 2.45) is 4.99 Å². The Morgan fingerprint density at radius 3 is 2.79 bits per heavy atom. The van der Waals surface area contributed by atoms with Crippen molar-refractivity contribution in [3.8, 4) is 0 Å². The van der Waals surface area contributed by atoms with Crippen LogP contribution in [-0.2, 0) is 9.53 Å². The lowest BCUT2D eigenvalue weighted by atomic mass is 10.1. The van der Waals surface area contributed by atoms with Crippen LogP contribution in [0.4, 0.5) is 0 Å². The van der Waals surface area contributed by atoms with Crippen molar-refractivity contribution in [1.82, 2.24) is 15.5 Å². The van der Waals surface area contributed by atoms with Gasteiger partial charge in [-0.25, -0.2) is 4.99 Å². The van der Waals surface area contributed by atoms with Gasteiger partial charge in [0.25, 0.3) is 0 Å². The number of nitrogens with zero attached hydrogens (tertiary/aromatic N) is 2. The largest absolute Gasteiger partial charge is 0.376 e. The van der Waals surface area contributed by atoms with Gasteiger partial charge in [-0.05, 0) is 44.8 Å². The first kappa shape index (κ1) is 19.4. The molecule has 0 aromatic heterocycles. The van der Waals surface area contributed by atoms with Crippen LogP contribution in [0.25, 0.3) is 0 Å². The Hall–Kier alpha value is -0.950. The first-order valence-corrected chi connectivity index (χ1v) is 9.95. The van der Waals surface area contributed by atoms with Crippen LogP contribution < -0.4 is 10.6 Å². The number of ether oxygens (including phenoxy) is 1. The molecule has 0 radical (unpaired) electrons. The third-order valence-corrected chi connectivity index (χ3v) is 6.11. The normalized spacial score (nSPS) is 27.8. The molecule has 1 amide bonds. The zero-order valence-corrected chi connectivity index (χ0v) is 16.1. The van der Waals surface area contributed by atoms with Gasteiger partial charge in [0.1, 0.15) is 6.54 Å². The number of nitrogens with one attached hydrogen (secondary N) is 2. The molecular formula is C17H32N4O2S. The minimum atomic E-state index is 0.00599. The van der Waals surface area contributed by atoms with Crippen LogP contribution in [0.15, 0.2) is 4.99 Å². The highest BCUT2D eigenvalue weighted by Gasteiger charge is 2.29.